The van der Waals surface area contributed by atoms with Crippen LogP contribution < -0.4 is 5.73 Å². The van der Waals surface area contributed by atoms with E-state index in [1.807, 2.05) is 23.6 Å². The van der Waals surface area contributed by atoms with E-state index in [2.05, 4.69) is 4.98 Å². The fourth-order valence-corrected chi connectivity index (χ4v) is 2.90. The maximum atomic E-state index is 11.1. The lowest BCUT2D eigenvalue weighted by molar-refractivity contribution is -0.384. The third-order valence-electron chi connectivity index (χ3n) is 3.02. The maximum Gasteiger partial charge on any atom is 0.279 e. The lowest BCUT2D eigenvalue weighted by Gasteiger charge is -1.99. The third kappa shape index (κ3) is 2.61. The Morgan fingerprint density at radius 1 is 1.14 bits per heavy atom. The minimum atomic E-state index is -0.392. The van der Waals surface area contributed by atoms with Crippen molar-refractivity contribution in [2.45, 2.75) is 0 Å². The van der Waals surface area contributed by atoms with E-state index in [9.17, 15) is 10.1 Å². The summed E-state index contributed by atoms with van der Waals surface area (Å²) in [6.07, 6.45) is 0. The highest BCUT2D eigenvalue weighted by molar-refractivity contribution is 7.13. The largest absolute Gasteiger partial charge is 0.399 e. The van der Waals surface area contributed by atoms with Crippen LogP contribution in [0.2, 0.25) is 0 Å². The van der Waals surface area contributed by atoms with Gasteiger partial charge in [-0.1, -0.05) is 24.3 Å². The van der Waals surface area contributed by atoms with Crippen molar-refractivity contribution in [3.05, 3.63) is 64.0 Å². The third-order valence-corrected chi connectivity index (χ3v) is 3.89. The summed E-state index contributed by atoms with van der Waals surface area (Å²) in [5.74, 6) is 0. The zero-order chi connectivity index (χ0) is 14.8. The molecule has 0 bridgehead atoms. The first-order valence-electron chi connectivity index (χ1n) is 6.20. The van der Waals surface area contributed by atoms with Crippen LogP contribution in [-0.2, 0) is 0 Å². The molecule has 0 fully saturated rings. The molecule has 3 aromatic rings. The number of benzene rings is 2. The van der Waals surface area contributed by atoms with Gasteiger partial charge in [0, 0.05) is 22.7 Å². The molecule has 0 atom stereocenters. The van der Waals surface area contributed by atoms with E-state index in [1.54, 1.807) is 24.3 Å². The normalized spacial score (nSPS) is 10.5. The summed E-state index contributed by atoms with van der Waals surface area (Å²) in [6.45, 7) is 0. The summed E-state index contributed by atoms with van der Waals surface area (Å²) in [4.78, 5) is 15.2. The summed E-state index contributed by atoms with van der Waals surface area (Å²) in [6, 6.07) is 14.0. The van der Waals surface area contributed by atoms with Gasteiger partial charge in [0.1, 0.15) is 5.01 Å². The molecule has 2 aromatic carbocycles. The maximum absolute atomic E-state index is 11.1. The Hall–Kier alpha value is -2.73. The number of nitro benzene ring substituents is 1. The molecule has 0 aliphatic heterocycles. The molecule has 21 heavy (non-hydrogen) atoms. The minimum absolute atomic E-state index is 0.0611. The highest BCUT2D eigenvalue weighted by atomic mass is 32.1. The Labute approximate surface area is 124 Å². The van der Waals surface area contributed by atoms with Crippen molar-refractivity contribution in [1.82, 2.24) is 4.98 Å². The Bertz CT molecular complexity index is 814. The second-order valence-electron chi connectivity index (χ2n) is 4.44. The molecule has 0 saturated heterocycles. The van der Waals surface area contributed by atoms with E-state index < -0.39 is 4.92 Å². The Kier molecular flexibility index (Phi) is 3.37. The van der Waals surface area contributed by atoms with Crippen LogP contribution in [0.3, 0.4) is 0 Å². The molecule has 104 valence electrons. The van der Waals surface area contributed by atoms with Crippen molar-refractivity contribution >= 4 is 22.7 Å². The van der Waals surface area contributed by atoms with Gasteiger partial charge in [-0.15, -0.1) is 11.3 Å². The second-order valence-corrected chi connectivity index (χ2v) is 5.30. The number of hydrogen-bond acceptors (Lipinski definition) is 5. The smallest absolute Gasteiger partial charge is 0.279 e. The molecule has 0 radical (unpaired) electrons. The average molecular weight is 297 g/mol. The van der Waals surface area contributed by atoms with Crippen LogP contribution in [0.4, 0.5) is 11.4 Å². The Morgan fingerprint density at radius 2 is 1.95 bits per heavy atom. The van der Waals surface area contributed by atoms with Crippen molar-refractivity contribution in [1.29, 1.82) is 0 Å². The van der Waals surface area contributed by atoms with Gasteiger partial charge in [-0.2, -0.15) is 0 Å². The summed E-state index contributed by atoms with van der Waals surface area (Å²) in [7, 11) is 0. The first-order chi connectivity index (χ1) is 10.1. The van der Waals surface area contributed by atoms with E-state index >= 15 is 0 Å². The minimum Gasteiger partial charge on any atom is -0.399 e. The molecule has 3 rings (SSSR count). The van der Waals surface area contributed by atoms with Gasteiger partial charge < -0.3 is 5.73 Å². The van der Waals surface area contributed by atoms with Gasteiger partial charge in [-0.3, -0.25) is 10.1 Å². The van der Waals surface area contributed by atoms with Gasteiger partial charge in [0.25, 0.3) is 5.69 Å². The molecular weight excluding hydrogens is 286 g/mol. The fraction of sp³-hybridized carbons (Fsp3) is 0. The van der Waals surface area contributed by atoms with Gasteiger partial charge in [-0.25, -0.2) is 4.98 Å². The van der Waals surface area contributed by atoms with Gasteiger partial charge >= 0.3 is 0 Å². The number of rotatable bonds is 3. The quantitative estimate of drug-likeness (QED) is 0.450. The van der Waals surface area contributed by atoms with Gasteiger partial charge in [0.15, 0.2) is 0 Å². The lowest BCUT2D eigenvalue weighted by atomic mass is 10.1. The van der Waals surface area contributed by atoms with Gasteiger partial charge in [0.2, 0.25) is 0 Å². The topological polar surface area (TPSA) is 82.0 Å². The number of para-hydroxylation sites is 1. The van der Waals surface area contributed by atoms with E-state index in [1.165, 1.54) is 17.4 Å². The number of aromatic nitrogens is 1. The molecule has 0 saturated carbocycles. The molecule has 0 aliphatic rings. The first-order valence-corrected chi connectivity index (χ1v) is 7.08. The molecular formula is C15H11N3O2S. The highest BCUT2D eigenvalue weighted by Crippen LogP contribution is 2.34. The van der Waals surface area contributed by atoms with Crippen molar-refractivity contribution in [3.8, 4) is 21.8 Å². The number of nitrogens with two attached hydrogens (primary N) is 1. The van der Waals surface area contributed by atoms with Crippen molar-refractivity contribution in [2.75, 3.05) is 5.73 Å². The van der Waals surface area contributed by atoms with E-state index in [0.717, 1.165) is 11.3 Å². The van der Waals surface area contributed by atoms with Crippen LogP contribution in [-0.4, -0.2) is 9.91 Å². The van der Waals surface area contributed by atoms with Crippen LogP contribution in [0.5, 0.6) is 0 Å². The number of anilines is 1. The fourth-order valence-electron chi connectivity index (χ4n) is 2.04. The first kappa shape index (κ1) is 13.3. The van der Waals surface area contributed by atoms with E-state index in [-0.39, 0.29) is 5.69 Å². The van der Waals surface area contributed by atoms with Crippen molar-refractivity contribution in [2.24, 2.45) is 0 Å². The molecule has 5 nitrogen and oxygen atoms in total. The summed E-state index contributed by atoms with van der Waals surface area (Å²) in [5, 5.41) is 13.6. The Balaban J connectivity index is 2.05. The number of nitro groups is 1. The zero-order valence-electron chi connectivity index (χ0n) is 10.9. The van der Waals surface area contributed by atoms with Gasteiger partial charge in [-0.05, 0) is 18.2 Å². The van der Waals surface area contributed by atoms with Gasteiger partial charge in [0.05, 0.1) is 16.2 Å². The average Bonchev–Trinajstić information content (AvgIpc) is 2.97. The molecule has 0 unspecified atom stereocenters. The number of hydrogen-bond donors (Lipinski definition) is 1. The predicted octanol–water partition coefficient (Wildman–Crippen LogP) is 3.97. The number of nitrogens with zero attached hydrogens (tertiary/aromatic N) is 2. The lowest BCUT2D eigenvalue weighted by Crippen LogP contribution is -1.91. The van der Waals surface area contributed by atoms with Crippen LogP contribution in [0.1, 0.15) is 0 Å². The van der Waals surface area contributed by atoms with Crippen LogP contribution in [0.25, 0.3) is 21.8 Å². The standard InChI is InChI=1S/C15H11N3O2S/c16-11-5-3-4-10(8-11)13-9-21-15(17-13)12-6-1-2-7-14(12)18(19)20/h1-9H,16H2. The van der Waals surface area contributed by atoms with E-state index in [4.69, 9.17) is 5.73 Å². The molecule has 1 heterocycles. The van der Waals surface area contributed by atoms with E-state index in [0.29, 0.717) is 16.3 Å². The number of nitrogen functional groups attached to an aromatic ring is 1. The summed E-state index contributed by atoms with van der Waals surface area (Å²) in [5.41, 5.74) is 8.68. The van der Waals surface area contributed by atoms with Crippen molar-refractivity contribution < 1.29 is 4.92 Å². The SMILES string of the molecule is Nc1cccc(-c2csc(-c3ccccc3[N+](=O)[O-])n2)c1. The summed E-state index contributed by atoms with van der Waals surface area (Å²) >= 11 is 1.38. The molecule has 2 N–H and O–H groups in total. The van der Waals surface area contributed by atoms with Crippen LogP contribution >= 0.6 is 11.3 Å². The molecule has 6 heteroatoms. The highest BCUT2D eigenvalue weighted by Gasteiger charge is 2.17. The summed E-state index contributed by atoms with van der Waals surface area (Å²) < 4.78 is 0. The number of thiazole rings is 1. The monoisotopic (exact) mass is 297 g/mol. The molecule has 0 amide bonds. The predicted molar refractivity (Wildman–Crippen MR) is 84.1 cm³/mol. The van der Waals surface area contributed by atoms with Crippen LogP contribution in [0, 0.1) is 10.1 Å². The van der Waals surface area contributed by atoms with Crippen LogP contribution in [0.15, 0.2) is 53.9 Å². The Morgan fingerprint density at radius 3 is 2.71 bits per heavy atom. The molecule has 0 aliphatic carbocycles. The van der Waals surface area contributed by atoms with Crippen molar-refractivity contribution in [3.63, 3.8) is 0 Å². The molecule has 0 spiro atoms. The second kappa shape index (κ2) is 5.34. The molecule has 1 aromatic heterocycles. The zero-order valence-corrected chi connectivity index (χ0v) is 11.7.